The van der Waals surface area contributed by atoms with E-state index >= 15 is 0 Å². The molecule has 92 valence electrons. The molecule has 1 aromatic rings. The number of nitrogens with one attached hydrogen (secondary N) is 1. The van der Waals surface area contributed by atoms with Crippen molar-refractivity contribution in [3.8, 4) is 0 Å². The molecule has 1 aromatic carbocycles. The van der Waals surface area contributed by atoms with Gasteiger partial charge >= 0.3 is 0 Å². The molecule has 3 heteroatoms. The second kappa shape index (κ2) is 4.77. The van der Waals surface area contributed by atoms with Crippen LogP contribution in [-0.2, 0) is 6.54 Å². The Morgan fingerprint density at radius 3 is 2.82 bits per heavy atom. The summed E-state index contributed by atoms with van der Waals surface area (Å²) in [6, 6.07) is 11.0. The van der Waals surface area contributed by atoms with Crippen molar-refractivity contribution in [2.24, 2.45) is 11.8 Å². The quantitative estimate of drug-likeness (QED) is 0.805. The summed E-state index contributed by atoms with van der Waals surface area (Å²) in [5.74, 6) is 1.37. The molecule has 2 N–H and O–H groups in total. The van der Waals surface area contributed by atoms with Crippen molar-refractivity contribution in [2.75, 3.05) is 26.2 Å². The van der Waals surface area contributed by atoms with Gasteiger partial charge < -0.3 is 10.4 Å². The largest absolute Gasteiger partial charge is 0.395 e. The Morgan fingerprint density at radius 2 is 2.06 bits per heavy atom. The van der Waals surface area contributed by atoms with Gasteiger partial charge in [-0.05, 0) is 23.9 Å². The van der Waals surface area contributed by atoms with Gasteiger partial charge in [0.2, 0.25) is 0 Å². The van der Waals surface area contributed by atoms with Crippen LogP contribution in [0, 0.1) is 11.8 Å². The molecule has 2 aliphatic rings. The summed E-state index contributed by atoms with van der Waals surface area (Å²) in [7, 11) is 0. The Morgan fingerprint density at radius 1 is 1.24 bits per heavy atom. The minimum Gasteiger partial charge on any atom is -0.395 e. The highest BCUT2D eigenvalue weighted by atomic mass is 16.3. The van der Waals surface area contributed by atoms with Crippen molar-refractivity contribution < 1.29 is 5.11 Å². The number of hydrogen-bond donors (Lipinski definition) is 2. The number of likely N-dealkylation sites (tertiary alicyclic amines) is 1. The smallest absolute Gasteiger partial charge is 0.0587 e. The molecule has 0 bridgehead atoms. The summed E-state index contributed by atoms with van der Waals surface area (Å²) in [4.78, 5) is 2.52. The third-order valence-corrected chi connectivity index (χ3v) is 4.17. The first-order chi connectivity index (χ1) is 8.36. The Hall–Kier alpha value is -0.900. The van der Waals surface area contributed by atoms with E-state index in [1.54, 1.807) is 0 Å². The number of aliphatic hydroxyl groups excluding tert-OH is 1. The van der Waals surface area contributed by atoms with E-state index in [1.807, 2.05) is 0 Å². The molecule has 3 rings (SSSR count). The number of nitrogens with zero attached hydrogens (tertiary/aromatic N) is 1. The van der Waals surface area contributed by atoms with Crippen LogP contribution in [0.3, 0.4) is 0 Å². The van der Waals surface area contributed by atoms with Crippen LogP contribution >= 0.6 is 0 Å². The molecular formula is C14H20N2O. The lowest BCUT2D eigenvalue weighted by molar-refractivity contribution is 0.214. The summed E-state index contributed by atoms with van der Waals surface area (Å²) in [6.45, 7) is 4.69. The SMILES string of the molecule is OCC1NCC2CN(Cc3ccccc3)CC21. The molecule has 0 aliphatic carbocycles. The highest BCUT2D eigenvalue weighted by molar-refractivity contribution is 5.15. The summed E-state index contributed by atoms with van der Waals surface area (Å²) in [5.41, 5.74) is 1.39. The second-order valence-corrected chi connectivity index (χ2v) is 5.30. The number of benzene rings is 1. The topological polar surface area (TPSA) is 35.5 Å². The highest BCUT2D eigenvalue weighted by Crippen LogP contribution is 2.31. The van der Waals surface area contributed by atoms with Crippen LogP contribution < -0.4 is 5.32 Å². The van der Waals surface area contributed by atoms with Gasteiger partial charge in [0.05, 0.1) is 6.61 Å². The van der Waals surface area contributed by atoms with Crippen molar-refractivity contribution >= 4 is 0 Å². The van der Waals surface area contributed by atoms with E-state index in [0.29, 0.717) is 12.0 Å². The molecule has 2 saturated heterocycles. The Bertz CT molecular complexity index is 368. The maximum absolute atomic E-state index is 9.31. The number of aliphatic hydroxyl groups is 1. The Kier molecular flexibility index (Phi) is 3.14. The van der Waals surface area contributed by atoms with E-state index in [9.17, 15) is 5.11 Å². The molecule has 0 radical (unpaired) electrons. The van der Waals surface area contributed by atoms with E-state index in [4.69, 9.17) is 0 Å². The van der Waals surface area contributed by atoms with Gasteiger partial charge in [0, 0.05) is 25.7 Å². The molecule has 0 amide bonds. The molecule has 0 spiro atoms. The van der Waals surface area contributed by atoms with Crippen LogP contribution in [0.4, 0.5) is 0 Å². The van der Waals surface area contributed by atoms with Gasteiger partial charge in [-0.1, -0.05) is 30.3 Å². The molecule has 3 unspecified atom stereocenters. The van der Waals surface area contributed by atoms with Crippen molar-refractivity contribution in [1.82, 2.24) is 10.2 Å². The van der Waals surface area contributed by atoms with Crippen LogP contribution in [0.5, 0.6) is 0 Å². The fourth-order valence-electron chi connectivity index (χ4n) is 3.29. The van der Waals surface area contributed by atoms with Crippen LogP contribution in [0.15, 0.2) is 30.3 Å². The van der Waals surface area contributed by atoms with E-state index in [1.165, 1.54) is 12.1 Å². The normalized spacial score (nSPS) is 32.9. The molecule has 3 atom stereocenters. The predicted molar refractivity (Wildman–Crippen MR) is 67.6 cm³/mol. The third kappa shape index (κ3) is 2.23. The Balaban J connectivity index is 1.62. The maximum Gasteiger partial charge on any atom is 0.0587 e. The highest BCUT2D eigenvalue weighted by Gasteiger charge is 2.41. The van der Waals surface area contributed by atoms with E-state index in [2.05, 4.69) is 40.5 Å². The predicted octanol–water partition coefficient (Wildman–Crippen LogP) is 0.699. The second-order valence-electron chi connectivity index (χ2n) is 5.30. The van der Waals surface area contributed by atoms with Crippen molar-refractivity contribution in [1.29, 1.82) is 0 Å². The summed E-state index contributed by atoms with van der Waals surface area (Å²) in [5, 5.41) is 12.7. The van der Waals surface area contributed by atoms with Gasteiger partial charge in [0.15, 0.2) is 0 Å². The number of fused-ring (bicyclic) bond motifs is 1. The van der Waals surface area contributed by atoms with Crippen molar-refractivity contribution in [3.05, 3.63) is 35.9 Å². The molecule has 2 heterocycles. The van der Waals surface area contributed by atoms with Gasteiger partial charge in [-0.25, -0.2) is 0 Å². The van der Waals surface area contributed by atoms with Crippen LogP contribution in [0.25, 0.3) is 0 Å². The van der Waals surface area contributed by atoms with E-state index in [0.717, 1.165) is 25.6 Å². The minimum atomic E-state index is 0.278. The molecular weight excluding hydrogens is 212 g/mol. The average Bonchev–Trinajstić information content (AvgIpc) is 2.89. The zero-order valence-corrected chi connectivity index (χ0v) is 10.0. The fourth-order valence-corrected chi connectivity index (χ4v) is 3.29. The summed E-state index contributed by atoms with van der Waals surface area (Å²) in [6.07, 6.45) is 0. The number of rotatable bonds is 3. The molecule has 2 fully saturated rings. The monoisotopic (exact) mass is 232 g/mol. The first kappa shape index (κ1) is 11.2. The standard InChI is InChI=1S/C14H20N2O/c17-10-14-13-9-16(8-12(13)6-15-14)7-11-4-2-1-3-5-11/h1-5,12-15,17H,6-10H2. The van der Waals surface area contributed by atoms with Gasteiger partial charge in [-0.3, -0.25) is 4.90 Å². The van der Waals surface area contributed by atoms with Gasteiger partial charge in [0.25, 0.3) is 0 Å². The van der Waals surface area contributed by atoms with E-state index in [-0.39, 0.29) is 6.61 Å². The summed E-state index contributed by atoms with van der Waals surface area (Å²) < 4.78 is 0. The van der Waals surface area contributed by atoms with Gasteiger partial charge in [-0.15, -0.1) is 0 Å². The zero-order chi connectivity index (χ0) is 11.7. The Labute approximate surface area is 102 Å². The van der Waals surface area contributed by atoms with Crippen LogP contribution in [0.1, 0.15) is 5.56 Å². The van der Waals surface area contributed by atoms with Crippen LogP contribution in [-0.4, -0.2) is 42.3 Å². The minimum absolute atomic E-state index is 0.278. The summed E-state index contributed by atoms with van der Waals surface area (Å²) >= 11 is 0. The maximum atomic E-state index is 9.31. The molecule has 3 nitrogen and oxygen atoms in total. The zero-order valence-electron chi connectivity index (χ0n) is 10.0. The molecule has 2 aliphatic heterocycles. The molecule has 0 aromatic heterocycles. The van der Waals surface area contributed by atoms with Gasteiger partial charge in [-0.2, -0.15) is 0 Å². The van der Waals surface area contributed by atoms with Crippen molar-refractivity contribution in [2.45, 2.75) is 12.6 Å². The average molecular weight is 232 g/mol. The lowest BCUT2D eigenvalue weighted by Gasteiger charge is -2.19. The lowest BCUT2D eigenvalue weighted by atomic mass is 9.95. The van der Waals surface area contributed by atoms with Crippen LogP contribution in [0.2, 0.25) is 0 Å². The van der Waals surface area contributed by atoms with Gasteiger partial charge in [0.1, 0.15) is 0 Å². The molecule has 17 heavy (non-hydrogen) atoms. The fraction of sp³-hybridized carbons (Fsp3) is 0.571. The first-order valence-corrected chi connectivity index (χ1v) is 6.47. The van der Waals surface area contributed by atoms with Crippen molar-refractivity contribution in [3.63, 3.8) is 0 Å². The number of hydrogen-bond acceptors (Lipinski definition) is 3. The molecule has 0 saturated carbocycles. The first-order valence-electron chi connectivity index (χ1n) is 6.47. The van der Waals surface area contributed by atoms with E-state index < -0.39 is 0 Å². The third-order valence-electron chi connectivity index (χ3n) is 4.17. The lowest BCUT2D eigenvalue weighted by Crippen LogP contribution is -2.35.